The van der Waals surface area contributed by atoms with Crippen LogP contribution in [0, 0.1) is 39.2 Å². The predicted octanol–water partition coefficient (Wildman–Crippen LogP) is 2.37. The number of hydrogen-bond acceptors (Lipinski definition) is 3. The Hall–Kier alpha value is -1.13. The summed E-state index contributed by atoms with van der Waals surface area (Å²) in [5.74, 6) is 2.36. The normalized spacial score (nSPS) is 46.4. The first-order valence-electron chi connectivity index (χ1n) is 8.46. The Bertz CT molecular complexity index is 441. The van der Waals surface area contributed by atoms with Crippen LogP contribution in [0.5, 0.6) is 0 Å². The van der Waals surface area contributed by atoms with Crippen molar-refractivity contribution in [2.75, 3.05) is 6.54 Å². The van der Waals surface area contributed by atoms with Crippen LogP contribution in [0.15, 0.2) is 0 Å². The Kier molecular flexibility index (Phi) is 3.02. The highest BCUT2D eigenvalue weighted by atomic mass is 16.6. The molecule has 1 amide bonds. The summed E-state index contributed by atoms with van der Waals surface area (Å²) in [6.07, 6.45) is 9.91. The van der Waals surface area contributed by atoms with Gasteiger partial charge in [-0.15, -0.1) is 0 Å². The van der Waals surface area contributed by atoms with E-state index < -0.39 is 6.04 Å². The summed E-state index contributed by atoms with van der Waals surface area (Å²) >= 11 is 0. The average molecular weight is 292 g/mol. The third-order valence-electron chi connectivity index (χ3n) is 6.48. The number of nitrogens with zero attached hydrogens (tertiary/aromatic N) is 1. The summed E-state index contributed by atoms with van der Waals surface area (Å²) in [5, 5.41) is 13.6. The van der Waals surface area contributed by atoms with Gasteiger partial charge < -0.3 is 5.32 Å². The fraction of sp³-hybridized carbons (Fsp3) is 0.938. The Morgan fingerprint density at radius 2 is 1.67 bits per heavy atom. The van der Waals surface area contributed by atoms with Crippen molar-refractivity contribution in [2.24, 2.45) is 29.1 Å². The van der Waals surface area contributed by atoms with Crippen LogP contribution < -0.4 is 5.32 Å². The lowest BCUT2D eigenvalue weighted by Gasteiger charge is -2.57. The molecule has 4 bridgehead atoms. The molecule has 0 aromatic heterocycles. The van der Waals surface area contributed by atoms with E-state index in [1.807, 2.05) is 0 Å². The summed E-state index contributed by atoms with van der Waals surface area (Å²) in [4.78, 5) is 22.2. The zero-order valence-electron chi connectivity index (χ0n) is 12.4. The van der Waals surface area contributed by atoms with E-state index >= 15 is 0 Å². The Labute approximate surface area is 125 Å². The maximum atomic E-state index is 11.9. The van der Waals surface area contributed by atoms with Gasteiger partial charge in [0.05, 0.1) is 0 Å². The standard InChI is InChI=1S/C16H24N2O3/c19-15(13-6-14(13)18(20)21)17-2-1-16-7-10-3-11(8-16)5-12(4-10)9-16/h10-14H,1-9H2,(H,17,19)/t10?,11?,12?,13-,14-,16?/m0/s1. The topological polar surface area (TPSA) is 72.2 Å². The third-order valence-corrected chi connectivity index (χ3v) is 6.48. The first-order chi connectivity index (χ1) is 10.0. The van der Waals surface area contributed by atoms with E-state index in [1.54, 1.807) is 0 Å². The molecule has 116 valence electrons. The molecule has 5 heteroatoms. The van der Waals surface area contributed by atoms with Crippen molar-refractivity contribution in [3.63, 3.8) is 0 Å². The van der Waals surface area contributed by atoms with E-state index in [-0.39, 0.29) is 16.7 Å². The second kappa shape index (κ2) is 4.68. The van der Waals surface area contributed by atoms with E-state index in [1.165, 1.54) is 38.5 Å². The minimum absolute atomic E-state index is 0.0959. The molecule has 0 unspecified atom stereocenters. The number of carbonyl (C=O) groups excluding carboxylic acids is 1. The predicted molar refractivity (Wildman–Crippen MR) is 77.1 cm³/mol. The van der Waals surface area contributed by atoms with Crippen LogP contribution in [0.2, 0.25) is 0 Å². The van der Waals surface area contributed by atoms with Crippen molar-refractivity contribution in [3.8, 4) is 0 Å². The second-order valence-electron chi connectivity index (χ2n) is 8.15. The van der Waals surface area contributed by atoms with Crippen LogP contribution in [0.3, 0.4) is 0 Å². The molecule has 0 spiro atoms. The lowest BCUT2D eigenvalue weighted by atomic mass is 9.49. The summed E-state index contributed by atoms with van der Waals surface area (Å²) in [7, 11) is 0. The van der Waals surface area contributed by atoms with Crippen molar-refractivity contribution < 1.29 is 9.72 Å². The first-order valence-corrected chi connectivity index (χ1v) is 8.46. The lowest BCUT2D eigenvalue weighted by molar-refractivity contribution is -0.497. The van der Waals surface area contributed by atoms with Gasteiger partial charge in [-0.05, 0) is 68.1 Å². The number of carbonyl (C=O) groups is 1. The molecule has 0 aromatic rings. The van der Waals surface area contributed by atoms with Gasteiger partial charge in [0.2, 0.25) is 11.9 Å². The molecule has 0 radical (unpaired) electrons. The van der Waals surface area contributed by atoms with Crippen LogP contribution in [0.1, 0.15) is 51.4 Å². The highest BCUT2D eigenvalue weighted by Crippen LogP contribution is 2.61. The van der Waals surface area contributed by atoms with Crippen molar-refractivity contribution in [1.29, 1.82) is 0 Å². The van der Waals surface area contributed by atoms with Gasteiger partial charge in [-0.25, -0.2) is 0 Å². The van der Waals surface area contributed by atoms with Crippen LogP contribution in [-0.2, 0) is 4.79 Å². The van der Waals surface area contributed by atoms with Gasteiger partial charge in [0.25, 0.3) is 0 Å². The fourth-order valence-corrected chi connectivity index (χ4v) is 5.87. The highest BCUT2D eigenvalue weighted by Gasteiger charge is 2.54. The summed E-state index contributed by atoms with van der Waals surface area (Å²) in [5.41, 5.74) is 0.480. The van der Waals surface area contributed by atoms with E-state index in [0.717, 1.165) is 24.2 Å². The minimum atomic E-state index is -0.621. The van der Waals surface area contributed by atoms with E-state index in [4.69, 9.17) is 0 Å². The van der Waals surface area contributed by atoms with Gasteiger partial charge in [0.1, 0.15) is 5.92 Å². The van der Waals surface area contributed by atoms with Crippen molar-refractivity contribution in [1.82, 2.24) is 5.32 Å². The second-order valence-corrected chi connectivity index (χ2v) is 8.15. The molecule has 5 saturated carbocycles. The Balaban J connectivity index is 1.28. The first kappa shape index (κ1) is 13.5. The fourth-order valence-electron chi connectivity index (χ4n) is 5.87. The molecule has 0 heterocycles. The molecule has 21 heavy (non-hydrogen) atoms. The highest BCUT2D eigenvalue weighted by molar-refractivity contribution is 5.81. The van der Waals surface area contributed by atoms with Gasteiger partial charge in [0, 0.05) is 17.9 Å². The quantitative estimate of drug-likeness (QED) is 0.624. The molecule has 1 N–H and O–H groups in total. The zero-order chi connectivity index (χ0) is 14.6. The van der Waals surface area contributed by atoms with Gasteiger partial charge in [-0.2, -0.15) is 0 Å². The molecule has 5 nitrogen and oxygen atoms in total. The van der Waals surface area contributed by atoms with Crippen LogP contribution in [-0.4, -0.2) is 23.4 Å². The molecule has 0 aliphatic heterocycles. The van der Waals surface area contributed by atoms with Gasteiger partial charge in [0.15, 0.2) is 0 Å². The average Bonchev–Trinajstić information content (AvgIpc) is 3.16. The molecule has 0 aromatic carbocycles. The van der Waals surface area contributed by atoms with Gasteiger partial charge in [-0.1, -0.05) is 0 Å². The van der Waals surface area contributed by atoms with E-state index in [0.29, 0.717) is 18.4 Å². The van der Waals surface area contributed by atoms with Crippen molar-refractivity contribution in [2.45, 2.75) is 57.4 Å². The molecule has 5 fully saturated rings. The van der Waals surface area contributed by atoms with Gasteiger partial charge >= 0.3 is 0 Å². The Morgan fingerprint density at radius 1 is 1.10 bits per heavy atom. The molecule has 5 rings (SSSR count). The molecular formula is C16H24N2O3. The molecule has 5 aliphatic carbocycles. The summed E-state index contributed by atoms with van der Waals surface area (Å²) in [6, 6.07) is -0.621. The molecule has 5 aliphatic rings. The largest absolute Gasteiger partial charge is 0.356 e. The van der Waals surface area contributed by atoms with Crippen LogP contribution in [0.25, 0.3) is 0 Å². The summed E-state index contributed by atoms with van der Waals surface area (Å²) in [6.45, 7) is 0.714. The molecule has 0 saturated heterocycles. The van der Waals surface area contributed by atoms with Gasteiger partial charge in [-0.3, -0.25) is 14.9 Å². The maximum Gasteiger partial charge on any atom is 0.230 e. The number of hydrogen-bond donors (Lipinski definition) is 1. The smallest absolute Gasteiger partial charge is 0.230 e. The van der Waals surface area contributed by atoms with Crippen LogP contribution >= 0.6 is 0 Å². The zero-order valence-corrected chi connectivity index (χ0v) is 12.4. The molecular weight excluding hydrogens is 268 g/mol. The van der Waals surface area contributed by atoms with Crippen LogP contribution in [0.4, 0.5) is 0 Å². The Morgan fingerprint density at radius 3 is 2.14 bits per heavy atom. The number of rotatable bonds is 5. The minimum Gasteiger partial charge on any atom is -0.356 e. The maximum absolute atomic E-state index is 11.9. The lowest BCUT2D eigenvalue weighted by Crippen LogP contribution is -2.47. The van der Waals surface area contributed by atoms with E-state index in [9.17, 15) is 14.9 Å². The SMILES string of the molecule is O=C(NCCC12CC3CC(CC(C3)C1)C2)[C@H]1C[C@@H]1[N+](=O)[O-]. The number of nitro groups is 1. The van der Waals surface area contributed by atoms with Crippen molar-refractivity contribution in [3.05, 3.63) is 10.1 Å². The van der Waals surface area contributed by atoms with E-state index in [2.05, 4.69) is 5.32 Å². The number of nitrogens with one attached hydrogen (secondary N) is 1. The molecule has 2 atom stereocenters. The summed E-state index contributed by atoms with van der Waals surface area (Å²) < 4.78 is 0. The monoisotopic (exact) mass is 292 g/mol. The third kappa shape index (κ3) is 2.44. The van der Waals surface area contributed by atoms with Crippen molar-refractivity contribution >= 4 is 5.91 Å². The number of amides is 1.